The topological polar surface area (TPSA) is 27.0 Å². The molecule has 0 radical (unpaired) electrons. The smallest absolute Gasteiger partial charge is 0.0659 e. The Morgan fingerprint density at radius 1 is 1.54 bits per heavy atom. The van der Waals surface area contributed by atoms with E-state index in [1.165, 1.54) is 6.42 Å². The SMILES string of the molecule is N#CC1CC2CC1CN2C/C=C/Cl. The number of likely N-dealkylation sites (tertiary alicyclic amines) is 1. The maximum atomic E-state index is 8.85. The van der Waals surface area contributed by atoms with Gasteiger partial charge in [0.15, 0.2) is 0 Å². The molecule has 1 heterocycles. The Morgan fingerprint density at radius 3 is 2.92 bits per heavy atom. The highest BCUT2D eigenvalue weighted by molar-refractivity contribution is 6.25. The van der Waals surface area contributed by atoms with Crippen LogP contribution in [0.3, 0.4) is 0 Å². The summed E-state index contributed by atoms with van der Waals surface area (Å²) in [5, 5.41) is 8.85. The van der Waals surface area contributed by atoms with Gasteiger partial charge in [-0.15, -0.1) is 0 Å². The molecule has 0 aromatic carbocycles. The zero-order valence-corrected chi connectivity index (χ0v) is 8.24. The van der Waals surface area contributed by atoms with Crippen LogP contribution in [0.2, 0.25) is 0 Å². The molecular formula is C10H13ClN2. The molecule has 3 atom stereocenters. The van der Waals surface area contributed by atoms with E-state index in [4.69, 9.17) is 16.9 Å². The maximum Gasteiger partial charge on any atom is 0.0659 e. The molecule has 2 aliphatic rings. The van der Waals surface area contributed by atoms with Crippen LogP contribution < -0.4 is 0 Å². The lowest BCUT2D eigenvalue weighted by Gasteiger charge is -2.27. The van der Waals surface area contributed by atoms with E-state index < -0.39 is 0 Å². The Kier molecular flexibility index (Phi) is 2.57. The first-order valence-electron chi connectivity index (χ1n) is 4.74. The third-order valence-electron chi connectivity index (χ3n) is 3.25. The zero-order valence-electron chi connectivity index (χ0n) is 7.49. The minimum Gasteiger partial charge on any atom is -0.296 e. The summed E-state index contributed by atoms with van der Waals surface area (Å²) in [6, 6.07) is 3.04. The number of halogens is 1. The minimum atomic E-state index is 0.321. The van der Waals surface area contributed by atoms with Crippen molar-refractivity contribution in [1.82, 2.24) is 4.90 Å². The quantitative estimate of drug-likeness (QED) is 0.676. The molecule has 0 aromatic heterocycles. The second-order valence-electron chi connectivity index (χ2n) is 3.94. The summed E-state index contributed by atoms with van der Waals surface area (Å²) < 4.78 is 0. The number of hydrogen-bond acceptors (Lipinski definition) is 2. The summed E-state index contributed by atoms with van der Waals surface area (Å²) in [5.74, 6) is 0.944. The van der Waals surface area contributed by atoms with Gasteiger partial charge in [-0.05, 0) is 18.8 Å². The van der Waals surface area contributed by atoms with Crippen molar-refractivity contribution >= 4 is 11.6 Å². The van der Waals surface area contributed by atoms with Crippen molar-refractivity contribution in [3.63, 3.8) is 0 Å². The predicted octanol–water partition coefficient (Wildman–Crippen LogP) is 1.97. The van der Waals surface area contributed by atoms with Gasteiger partial charge in [0.05, 0.1) is 12.0 Å². The number of nitriles is 1. The van der Waals surface area contributed by atoms with Gasteiger partial charge in [-0.1, -0.05) is 17.7 Å². The molecule has 2 nitrogen and oxygen atoms in total. The van der Waals surface area contributed by atoms with Gasteiger partial charge in [0.25, 0.3) is 0 Å². The van der Waals surface area contributed by atoms with Gasteiger partial charge in [-0.2, -0.15) is 5.26 Å². The number of fused-ring (bicyclic) bond motifs is 2. The maximum absolute atomic E-state index is 8.85. The van der Waals surface area contributed by atoms with Crippen molar-refractivity contribution < 1.29 is 0 Å². The Hall–Kier alpha value is -0.520. The van der Waals surface area contributed by atoms with Gasteiger partial charge in [0.1, 0.15) is 0 Å². The van der Waals surface area contributed by atoms with Gasteiger partial charge < -0.3 is 0 Å². The summed E-state index contributed by atoms with van der Waals surface area (Å²) >= 11 is 5.48. The molecule has 3 heteroatoms. The van der Waals surface area contributed by atoms with Crippen LogP contribution in [0.1, 0.15) is 12.8 Å². The summed E-state index contributed by atoms with van der Waals surface area (Å²) in [5.41, 5.74) is 1.58. The highest BCUT2D eigenvalue weighted by Crippen LogP contribution is 2.41. The molecule has 2 fully saturated rings. The fourth-order valence-corrected chi connectivity index (χ4v) is 2.68. The van der Waals surface area contributed by atoms with Crippen molar-refractivity contribution in [3.05, 3.63) is 11.6 Å². The van der Waals surface area contributed by atoms with Crippen LogP contribution in [0.25, 0.3) is 0 Å². The van der Waals surface area contributed by atoms with Gasteiger partial charge in [-0.3, -0.25) is 4.90 Å². The summed E-state index contributed by atoms with van der Waals surface area (Å²) in [6.07, 6.45) is 4.26. The zero-order chi connectivity index (χ0) is 9.26. The lowest BCUT2D eigenvalue weighted by Crippen LogP contribution is -2.35. The van der Waals surface area contributed by atoms with Crippen molar-refractivity contribution in [3.8, 4) is 6.07 Å². The van der Waals surface area contributed by atoms with E-state index >= 15 is 0 Å². The van der Waals surface area contributed by atoms with E-state index in [1.54, 1.807) is 5.54 Å². The normalized spacial score (nSPS) is 38.6. The highest BCUT2D eigenvalue weighted by Gasteiger charge is 2.43. The van der Waals surface area contributed by atoms with Crippen LogP contribution in [0.4, 0.5) is 0 Å². The van der Waals surface area contributed by atoms with Gasteiger partial charge >= 0.3 is 0 Å². The van der Waals surface area contributed by atoms with Gasteiger partial charge in [-0.25, -0.2) is 0 Å². The van der Waals surface area contributed by atoms with Crippen LogP contribution in [-0.2, 0) is 0 Å². The first-order valence-corrected chi connectivity index (χ1v) is 5.17. The molecule has 0 amide bonds. The van der Waals surface area contributed by atoms with E-state index in [0.717, 1.165) is 19.5 Å². The van der Waals surface area contributed by atoms with E-state index in [0.29, 0.717) is 17.9 Å². The molecule has 0 N–H and O–H groups in total. The minimum absolute atomic E-state index is 0.321. The van der Waals surface area contributed by atoms with Gasteiger partial charge in [0.2, 0.25) is 0 Å². The Morgan fingerprint density at radius 2 is 2.38 bits per heavy atom. The van der Waals surface area contributed by atoms with Crippen molar-refractivity contribution in [1.29, 1.82) is 5.26 Å². The van der Waals surface area contributed by atoms with E-state index in [2.05, 4.69) is 11.0 Å². The second-order valence-corrected chi connectivity index (χ2v) is 4.19. The van der Waals surface area contributed by atoms with Crippen LogP contribution in [-0.4, -0.2) is 24.0 Å². The van der Waals surface area contributed by atoms with Crippen molar-refractivity contribution in [2.24, 2.45) is 11.8 Å². The molecule has 1 saturated carbocycles. The van der Waals surface area contributed by atoms with Crippen molar-refractivity contribution in [2.75, 3.05) is 13.1 Å². The van der Waals surface area contributed by atoms with E-state index in [1.807, 2.05) is 6.08 Å². The number of piperidine rings is 1. The van der Waals surface area contributed by atoms with Crippen LogP contribution in [0.5, 0.6) is 0 Å². The first-order chi connectivity index (χ1) is 6.35. The first kappa shape index (κ1) is 9.05. The number of hydrogen-bond donors (Lipinski definition) is 0. The largest absolute Gasteiger partial charge is 0.296 e. The number of nitrogens with zero attached hydrogens (tertiary/aromatic N) is 2. The third-order valence-corrected chi connectivity index (χ3v) is 3.43. The predicted molar refractivity (Wildman–Crippen MR) is 52.2 cm³/mol. The average molecular weight is 197 g/mol. The standard InChI is InChI=1S/C10H13ClN2/c11-2-1-3-13-7-9-5-10(13)4-8(9)6-12/h1-2,8-10H,3-5,7H2/b2-1+. The van der Waals surface area contributed by atoms with Crippen LogP contribution in [0.15, 0.2) is 11.6 Å². The fourth-order valence-electron chi connectivity index (χ4n) is 2.60. The molecule has 13 heavy (non-hydrogen) atoms. The Bertz CT molecular complexity index is 256. The number of rotatable bonds is 2. The van der Waals surface area contributed by atoms with Crippen molar-refractivity contribution in [2.45, 2.75) is 18.9 Å². The summed E-state index contributed by atoms with van der Waals surface area (Å²) in [7, 11) is 0. The molecule has 0 aromatic rings. The fraction of sp³-hybridized carbons (Fsp3) is 0.700. The summed E-state index contributed by atoms with van der Waals surface area (Å²) in [4.78, 5) is 2.43. The lowest BCUT2D eigenvalue weighted by molar-refractivity contribution is 0.213. The monoisotopic (exact) mass is 196 g/mol. The molecule has 2 rings (SSSR count). The highest BCUT2D eigenvalue weighted by atomic mass is 35.5. The average Bonchev–Trinajstić information content (AvgIpc) is 2.72. The molecular weight excluding hydrogens is 184 g/mol. The third kappa shape index (κ3) is 1.59. The molecule has 0 spiro atoms. The Balaban J connectivity index is 1.92. The van der Waals surface area contributed by atoms with E-state index in [-0.39, 0.29) is 0 Å². The van der Waals surface area contributed by atoms with Gasteiger partial charge in [0, 0.05) is 24.7 Å². The molecule has 3 unspecified atom stereocenters. The molecule has 70 valence electrons. The lowest BCUT2D eigenvalue weighted by atomic mass is 9.96. The summed E-state index contributed by atoms with van der Waals surface area (Å²) in [6.45, 7) is 2.03. The van der Waals surface area contributed by atoms with E-state index in [9.17, 15) is 0 Å². The molecule has 2 bridgehead atoms. The van der Waals surface area contributed by atoms with Crippen LogP contribution >= 0.6 is 11.6 Å². The van der Waals surface area contributed by atoms with Crippen LogP contribution in [0, 0.1) is 23.2 Å². The Labute approximate surface area is 83.8 Å². The second kappa shape index (κ2) is 3.69. The molecule has 1 saturated heterocycles. The molecule has 1 aliphatic heterocycles. The molecule has 1 aliphatic carbocycles.